The van der Waals surface area contributed by atoms with E-state index in [9.17, 15) is 15.4 Å². The van der Waals surface area contributed by atoms with Crippen LogP contribution in [0.5, 0.6) is 0 Å². The molecule has 5 nitrogen and oxygen atoms in total. The Morgan fingerprint density at radius 2 is 1.90 bits per heavy atom. The molecule has 0 saturated heterocycles. The Bertz CT molecular complexity index is 892. The minimum atomic E-state index is -0.458. The van der Waals surface area contributed by atoms with E-state index in [1.165, 1.54) is 4.40 Å². The highest BCUT2D eigenvalue weighted by atomic mass is 35.5. The quantitative estimate of drug-likeness (QED) is 0.529. The summed E-state index contributed by atoms with van der Waals surface area (Å²) in [5, 5.41) is 21.4. The first-order chi connectivity index (χ1) is 10.1. The maximum atomic E-state index is 11.5. The maximum Gasteiger partial charge on any atom is 0.303 e. The largest absolute Gasteiger partial charge is 0.303 e. The fourth-order valence-electron chi connectivity index (χ4n) is 2.38. The number of hydrogen-bond acceptors (Lipinski definition) is 3. The van der Waals surface area contributed by atoms with E-state index in [1.807, 2.05) is 0 Å². The molecule has 0 radical (unpaired) electrons. The second-order valence-electron chi connectivity index (χ2n) is 4.40. The predicted molar refractivity (Wildman–Crippen MR) is 79.2 cm³/mol. The smallest absolute Gasteiger partial charge is 0.301 e. The van der Waals surface area contributed by atoms with Gasteiger partial charge in [0.1, 0.15) is 17.3 Å². The van der Waals surface area contributed by atoms with Crippen LogP contribution in [0.1, 0.15) is 5.69 Å². The van der Waals surface area contributed by atoms with Crippen LogP contribution >= 0.6 is 11.6 Å². The molecule has 0 unspecified atom stereocenters. The van der Waals surface area contributed by atoms with Crippen molar-refractivity contribution in [2.24, 2.45) is 0 Å². The minimum absolute atomic E-state index is 0.0746. The molecule has 102 valence electrons. The van der Waals surface area contributed by atoms with Crippen LogP contribution in [-0.2, 0) is 0 Å². The zero-order valence-corrected chi connectivity index (χ0v) is 11.4. The normalized spacial score (nSPS) is 10.5. The van der Waals surface area contributed by atoms with Crippen LogP contribution in [0.2, 0.25) is 5.02 Å². The zero-order chi connectivity index (χ0) is 15.0. The summed E-state index contributed by atoms with van der Waals surface area (Å²) in [5.41, 5.74) is 1.45. The fraction of sp³-hybridized carbons (Fsp3) is 0. The Kier molecular flexibility index (Phi) is 3.09. The first-order valence-electron chi connectivity index (χ1n) is 6.07. The summed E-state index contributed by atoms with van der Waals surface area (Å²) in [6.45, 7) is 0. The van der Waals surface area contributed by atoms with Gasteiger partial charge in [0.25, 0.3) is 0 Å². The van der Waals surface area contributed by atoms with Gasteiger partial charge in [0.15, 0.2) is 0 Å². The van der Waals surface area contributed by atoms with Gasteiger partial charge in [-0.05, 0) is 29.8 Å². The molecule has 1 aromatic carbocycles. The van der Waals surface area contributed by atoms with Gasteiger partial charge in [0.05, 0.1) is 10.5 Å². The van der Waals surface area contributed by atoms with Crippen LogP contribution in [0, 0.1) is 21.4 Å². The Morgan fingerprint density at radius 3 is 2.52 bits per heavy atom. The average Bonchev–Trinajstić information content (AvgIpc) is 2.82. The van der Waals surface area contributed by atoms with E-state index >= 15 is 0 Å². The first kappa shape index (κ1) is 13.2. The number of aromatic nitrogens is 1. The van der Waals surface area contributed by atoms with Crippen molar-refractivity contribution in [1.29, 1.82) is 5.26 Å². The number of nitriles is 1. The van der Waals surface area contributed by atoms with Gasteiger partial charge in [-0.15, -0.1) is 0 Å². The lowest BCUT2D eigenvalue weighted by Crippen LogP contribution is -1.90. The maximum absolute atomic E-state index is 11.5. The monoisotopic (exact) mass is 297 g/mol. The lowest BCUT2D eigenvalue weighted by Gasteiger charge is -1.99. The van der Waals surface area contributed by atoms with Gasteiger partial charge in [-0.1, -0.05) is 29.8 Å². The number of nitro groups is 1. The summed E-state index contributed by atoms with van der Waals surface area (Å²) in [4.78, 5) is 11.0. The molecule has 3 aromatic rings. The van der Waals surface area contributed by atoms with Crippen LogP contribution in [0.25, 0.3) is 16.6 Å². The molecule has 21 heavy (non-hydrogen) atoms. The summed E-state index contributed by atoms with van der Waals surface area (Å²) in [6.07, 6.45) is 1.64. The number of nitrogens with zero attached hydrogens (tertiary/aromatic N) is 3. The van der Waals surface area contributed by atoms with Gasteiger partial charge >= 0.3 is 5.69 Å². The molecule has 3 rings (SSSR count). The fourth-order valence-corrected chi connectivity index (χ4v) is 2.50. The first-order valence-corrected chi connectivity index (χ1v) is 6.44. The zero-order valence-electron chi connectivity index (χ0n) is 10.7. The number of rotatable bonds is 2. The van der Waals surface area contributed by atoms with Crippen molar-refractivity contribution in [3.05, 3.63) is 69.5 Å². The highest BCUT2D eigenvalue weighted by molar-refractivity contribution is 6.30. The highest BCUT2D eigenvalue weighted by Crippen LogP contribution is 2.38. The number of fused-ring (bicyclic) bond motifs is 1. The second kappa shape index (κ2) is 4.93. The van der Waals surface area contributed by atoms with Crippen LogP contribution in [0.4, 0.5) is 5.69 Å². The van der Waals surface area contributed by atoms with E-state index in [-0.39, 0.29) is 11.4 Å². The molecule has 0 saturated carbocycles. The summed E-state index contributed by atoms with van der Waals surface area (Å²) in [6, 6.07) is 13.7. The average molecular weight is 298 g/mol. The van der Waals surface area contributed by atoms with E-state index in [2.05, 4.69) is 6.07 Å². The Balaban J connectivity index is 2.45. The summed E-state index contributed by atoms with van der Waals surface area (Å²) >= 11 is 5.85. The molecule has 2 heterocycles. The summed E-state index contributed by atoms with van der Waals surface area (Å²) in [5.74, 6) is 0. The van der Waals surface area contributed by atoms with Crippen LogP contribution in [0.15, 0.2) is 48.7 Å². The molecule has 0 bridgehead atoms. The van der Waals surface area contributed by atoms with Crippen LogP contribution < -0.4 is 0 Å². The number of pyridine rings is 1. The molecular formula is C15H8ClN3O2. The summed E-state index contributed by atoms with van der Waals surface area (Å²) in [7, 11) is 0. The standard InChI is InChI=1S/C15H8ClN3O2/c16-11-6-4-10(5-7-11)14-13(9-17)18-8-2-1-3-12(18)15(14)19(20)21/h1-8H. The van der Waals surface area contributed by atoms with E-state index < -0.39 is 4.92 Å². The topological polar surface area (TPSA) is 71.3 Å². The number of hydrogen-bond donors (Lipinski definition) is 0. The number of benzene rings is 1. The Morgan fingerprint density at radius 1 is 1.19 bits per heavy atom. The highest BCUT2D eigenvalue weighted by Gasteiger charge is 2.27. The van der Waals surface area contributed by atoms with Crippen molar-refractivity contribution < 1.29 is 4.92 Å². The van der Waals surface area contributed by atoms with Gasteiger partial charge in [-0.2, -0.15) is 5.26 Å². The van der Waals surface area contributed by atoms with Gasteiger partial charge in [0.2, 0.25) is 0 Å². The third-order valence-corrected chi connectivity index (χ3v) is 3.49. The van der Waals surface area contributed by atoms with Crippen molar-refractivity contribution in [3.63, 3.8) is 0 Å². The number of halogens is 1. The molecule has 2 aromatic heterocycles. The molecule has 0 atom stereocenters. The molecular weight excluding hydrogens is 290 g/mol. The Hall–Kier alpha value is -2.84. The molecule has 0 aliphatic rings. The van der Waals surface area contributed by atoms with Crippen molar-refractivity contribution in [2.75, 3.05) is 0 Å². The van der Waals surface area contributed by atoms with Crippen molar-refractivity contribution >= 4 is 22.8 Å². The lowest BCUT2D eigenvalue weighted by atomic mass is 10.0. The van der Waals surface area contributed by atoms with E-state index in [0.29, 0.717) is 21.7 Å². The minimum Gasteiger partial charge on any atom is -0.301 e. The molecule has 0 aliphatic heterocycles. The second-order valence-corrected chi connectivity index (χ2v) is 4.84. The van der Waals surface area contributed by atoms with Gasteiger partial charge in [-0.25, -0.2) is 0 Å². The lowest BCUT2D eigenvalue weighted by molar-refractivity contribution is -0.382. The van der Waals surface area contributed by atoms with Crippen molar-refractivity contribution in [1.82, 2.24) is 4.40 Å². The SMILES string of the molecule is N#Cc1c(-c2ccc(Cl)cc2)c([N+](=O)[O-])c2ccccn12. The summed E-state index contributed by atoms with van der Waals surface area (Å²) < 4.78 is 1.53. The van der Waals surface area contributed by atoms with Gasteiger partial charge < -0.3 is 4.40 Å². The molecule has 0 N–H and O–H groups in total. The van der Waals surface area contributed by atoms with Gasteiger partial charge in [-0.3, -0.25) is 10.1 Å². The van der Waals surface area contributed by atoms with Crippen molar-refractivity contribution in [3.8, 4) is 17.2 Å². The van der Waals surface area contributed by atoms with E-state index in [4.69, 9.17) is 11.6 Å². The van der Waals surface area contributed by atoms with E-state index in [1.54, 1.807) is 48.7 Å². The molecule has 0 fully saturated rings. The molecule has 0 amide bonds. The predicted octanol–water partition coefficient (Wildman–Crippen LogP) is 4.04. The van der Waals surface area contributed by atoms with Gasteiger partial charge in [0, 0.05) is 11.2 Å². The molecule has 0 aliphatic carbocycles. The Labute approximate surface area is 124 Å². The molecule has 6 heteroatoms. The third kappa shape index (κ3) is 2.02. The van der Waals surface area contributed by atoms with E-state index in [0.717, 1.165) is 0 Å². The third-order valence-electron chi connectivity index (χ3n) is 3.24. The van der Waals surface area contributed by atoms with Crippen LogP contribution in [0.3, 0.4) is 0 Å². The molecule has 0 spiro atoms. The van der Waals surface area contributed by atoms with Crippen LogP contribution in [-0.4, -0.2) is 9.32 Å². The van der Waals surface area contributed by atoms with Crippen molar-refractivity contribution in [2.45, 2.75) is 0 Å².